The van der Waals surface area contributed by atoms with Crippen LogP contribution in [-0.2, 0) is 11.2 Å². The molecule has 2 aromatic heterocycles. The number of rotatable bonds is 5. The fraction of sp³-hybridized carbons (Fsp3) is 0.241. The maximum absolute atomic E-state index is 13.6. The van der Waals surface area contributed by atoms with Crippen molar-refractivity contribution < 1.29 is 14.3 Å². The molecule has 8 heteroatoms. The highest BCUT2D eigenvalue weighted by Gasteiger charge is 2.32. The third-order valence-electron chi connectivity index (χ3n) is 5.90. The van der Waals surface area contributed by atoms with E-state index in [9.17, 15) is 19.6 Å². The Kier molecular flexibility index (Phi) is 6.98. The van der Waals surface area contributed by atoms with E-state index in [4.69, 9.17) is 4.74 Å². The van der Waals surface area contributed by atoms with E-state index in [2.05, 4.69) is 16.0 Å². The Hall–Kier alpha value is -4.64. The van der Waals surface area contributed by atoms with Crippen LogP contribution in [0.5, 0.6) is 0 Å². The molecule has 2 heterocycles. The van der Waals surface area contributed by atoms with Crippen LogP contribution in [0.2, 0.25) is 0 Å². The first-order valence-electron chi connectivity index (χ1n) is 11.9. The molecule has 0 aliphatic heterocycles. The van der Waals surface area contributed by atoms with Crippen LogP contribution in [0, 0.1) is 11.3 Å². The molecule has 0 bridgehead atoms. The Bertz CT molecular complexity index is 1530. The summed E-state index contributed by atoms with van der Waals surface area (Å²) in [7, 11) is 0. The lowest BCUT2D eigenvalue weighted by molar-refractivity contribution is 0.0178. The van der Waals surface area contributed by atoms with Gasteiger partial charge < -0.3 is 14.7 Å². The summed E-state index contributed by atoms with van der Waals surface area (Å²) in [4.78, 5) is 45.0. The van der Waals surface area contributed by atoms with Crippen LogP contribution in [0.25, 0.3) is 22.0 Å². The summed E-state index contributed by atoms with van der Waals surface area (Å²) in [6, 6.07) is 17.3. The minimum Gasteiger partial charge on any atom is -0.443 e. The molecule has 0 aliphatic carbocycles. The van der Waals surface area contributed by atoms with Gasteiger partial charge in [-0.25, -0.2) is 9.69 Å². The first-order chi connectivity index (χ1) is 17.6. The van der Waals surface area contributed by atoms with Gasteiger partial charge in [0.1, 0.15) is 11.7 Å². The van der Waals surface area contributed by atoms with Crippen LogP contribution in [0.4, 0.5) is 4.79 Å². The van der Waals surface area contributed by atoms with Crippen molar-refractivity contribution >= 4 is 22.9 Å². The Morgan fingerprint density at radius 3 is 2.32 bits per heavy atom. The number of H-pyrrole nitrogens is 2. The molecule has 8 nitrogen and oxygen atoms in total. The molecule has 0 spiro atoms. The molecule has 37 heavy (non-hydrogen) atoms. The number of aromatic nitrogens is 2. The zero-order chi connectivity index (χ0) is 26.7. The first kappa shape index (κ1) is 25.5. The number of imide groups is 1. The highest BCUT2D eigenvalue weighted by molar-refractivity contribution is 6.03. The number of aromatic amines is 2. The predicted octanol–water partition coefficient (Wildman–Crippen LogP) is 5.40. The van der Waals surface area contributed by atoms with Crippen molar-refractivity contribution in [2.75, 3.05) is 0 Å². The minimum absolute atomic E-state index is 0.197. The lowest BCUT2D eigenvalue weighted by Gasteiger charge is -2.30. The van der Waals surface area contributed by atoms with Gasteiger partial charge in [-0.2, -0.15) is 5.26 Å². The zero-order valence-corrected chi connectivity index (χ0v) is 21.2. The lowest BCUT2D eigenvalue weighted by atomic mass is 10.0. The molecule has 188 valence electrons. The third-order valence-corrected chi connectivity index (χ3v) is 5.90. The van der Waals surface area contributed by atoms with E-state index >= 15 is 0 Å². The number of nitrogens with one attached hydrogen (secondary N) is 2. The second-order valence-corrected chi connectivity index (χ2v) is 9.92. The van der Waals surface area contributed by atoms with E-state index in [0.29, 0.717) is 17.5 Å². The number of ether oxygens (including phenoxy) is 1. The van der Waals surface area contributed by atoms with Gasteiger partial charge in [-0.15, -0.1) is 0 Å². The summed E-state index contributed by atoms with van der Waals surface area (Å²) >= 11 is 0. The van der Waals surface area contributed by atoms with Gasteiger partial charge in [0, 0.05) is 41.0 Å². The number of carbonyl (C=O) groups is 2. The SMILES string of the molecule is CC(Cc1ccc2[nH]cc(C#N)c2c1)N(C(=O)OC(C)(C)C)C(=O)c1ccc(-c2ccc(=O)[nH]c2)cc1. The van der Waals surface area contributed by atoms with Crippen molar-refractivity contribution in [2.24, 2.45) is 0 Å². The Morgan fingerprint density at radius 2 is 1.70 bits per heavy atom. The second kappa shape index (κ2) is 10.2. The van der Waals surface area contributed by atoms with Gasteiger partial charge in [-0.1, -0.05) is 18.2 Å². The number of carbonyl (C=O) groups excluding carboxylic acids is 2. The summed E-state index contributed by atoms with van der Waals surface area (Å²) in [6.07, 6.45) is 2.92. The fourth-order valence-electron chi connectivity index (χ4n) is 4.13. The van der Waals surface area contributed by atoms with Gasteiger partial charge in [0.05, 0.1) is 5.56 Å². The van der Waals surface area contributed by atoms with E-state index in [1.54, 1.807) is 70.4 Å². The molecule has 1 unspecified atom stereocenters. The van der Waals surface area contributed by atoms with E-state index in [1.165, 1.54) is 6.07 Å². The van der Waals surface area contributed by atoms with Gasteiger partial charge in [0.15, 0.2) is 0 Å². The smallest absolute Gasteiger partial charge is 0.417 e. The summed E-state index contributed by atoms with van der Waals surface area (Å²) in [5, 5.41) is 10.2. The van der Waals surface area contributed by atoms with Crippen LogP contribution in [0.1, 0.15) is 49.2 Å². The number of nitriles is 1. The highest BCUT2D eigenvalue weighted by atomic mass is 16.6. The average Bonchev–Trinajstić information content (AvgIpc) is 3.26. The Balaban J connectivity index is 1.62. The summed E-state index contributed by atoms with van der Waals surface area (Å²) in [5.41, 5.74) is 3.23. The van der Waals surface area contributed by atoms with Gasteiger partial charge >= 0.3 is 6.09 Å². The van der Waals surface area contributed by atoms with Crippen LogP contribution in [0.15, 0.2) is 71.8 Å². The minimum atomic E-state index is -0.783. The maximum atomic E-state index is 13.6. The summed E-state index contributed by atoms with van der Waals surface area (Å²) < 4.78 is 5.58. The lowest BCUT2D eigenvalue weighted by Crippen LogP contribution is -2.46. The largest absolute Gasteiger partial charge is 0.443 e. The number of amides is 2. The van der Waals surface area contributed by atoms with E-state index in [-0.39, 0.29) is 5.56 Å². The van der Waals surface area contributed by atoms with Gasteiger partial charge in [-0.05, 0) is 81.1 Å². The summed E-state index contributed by atoms with van der Waals surface area (Å²) in [5.74, 6) is -0.477. The van der Waals surface area contributed by atoms with Crippen LogP contribution < -0.4 is 5.56 Å². The molecule has 0 fully saturated rings. The van der Waals surface area contributed by atoms with Crippen molar-refractivity contribution in [3.05, 3.63) is 94.0 Å². The van der Waals surface area contributed by atoms with Gasteiger partial charge in [-0.3, -0.25) is 9.59 Å². The number of hydrogen-bond acceptors (Lipinski definition) is 5. The monoisotopic (exact) mass is 496 g/mol. The van der Waals surface area contributed by atoms with Crippen molar-refractivity contribution in [2.45, 2.75) is 45.8 Å². The van der Waals surface area contributed by atoms with Crippen LogP contribution in [0.3, 0.4) is 0 Å². The number of fused-ring (bicyclic) bond motifs is 1. The van der Waals surface area contributed by atoms with Crippen molar-refractivity contribution in [1.29, 1.82) is 5.26 Å². The maximum Gasteiger partial charge on any atom is 0.417 e. The number of nitrogens with zero attached hydrogens (tertiary/aromatic N) is 2. The van der Waals surface area contributed by atoms with Crippen molar-refractivity contribution in [3.8, 4) is 17.2 Å². The number of benzene rings is 2. The normalized spacial score (nSPS) is 12.1. The molecule has 0 saturated carbocycles. The molecular formula is C29H28N4O4. The molecule has 0 radical (unpaired) electrons. The third kappa shape index (κ3) is 5.78. The topological polar surface area (TPSA) is 119 Å². The predicted molar refractivity (Wildman–Crippen MR) is 141 cm³/mol. The van der Waals surface area contributed by atoms with E-state index in [1.807, 2.05) is 18.2 Å². The second-order valence-electron chi connectivity index (χ2n) is 9.92. The number of hydrogen-bond donors (Lipinski definition) is 2. The molecule has 2 N–H and O–H groups in total. The molecule has 2 aromatic carbocycles. The van der Waals surface area contributed by atoms with Crippen LogP contribution in [-0.4, -0.2) is 38.5 Å². The molecule has 2 amide bonds. The molecular weight excluding hydrogens is 468 g/mol. The first-order valence-corrected chi connectivity index (χ1v) is 11.9. The zero-order valence-electron chi connectivity index (χ0n) is 21.2. The standard InChI is InChI=1S/C29H28N4O4/c1-18(13-19-5-11-25-24(14-19)23(15-30)17-31-25)33(28(36)37-29(2,3)4)27(35)21-8-6-20(7-9-21)22-10-12-26(34)32-16-22/h5-12,14,16-18,31H,13H2,1-4H3,(H,32,34). The van der Waals surface area contributed by atoms with Gasteiger partial charge in [0.25, 0.3) is 5.91 Å². The Labute approximate surface area is 214 Å². The average molecular weight is 497 g/mol. The summed E-state index contributed by atoms with van der Waals surface area (Å²) in [6.45, 7) is 7.05. The van der Waals surface area contributed by atoms with Crippen molar-refractivity contribution in [3.63, 3.8) is 0 Å². The molecule has 0 saturated heterocycles. The highest BCUT2D eigenvalue weighted by Crippen LogP contribution is 2.24. The molecule has 1 atom stereocenters. The quantitative estimate of drug-likeness (QED) is 0.383. The molecule has 4 rings (SSSR count). The number of pyridine rings is 1. The van der Waals surface area contributed by atoms with Crippen LogP contribution >= 0.6 is 0 Å². The molecule has 0 aliphatic rings. The van der Waals surface area contributed by atoms with Crippen molar-refractivity contribution in [1.82, 2.24) is 14.9 Å². The molecule has 4 aromatic rings. The van der Waals surface area contributed by atoms with E-state index < -0.39 is 23.6 Å². The van der Waals surface area contributed by atoms with Gasteiger partial charge in [0.2, 0.25) is 5.56 Å². The van der Waals surface area contributed by atoms with E-state index in [0.717, 1.165) is 32.5 Å². The fourth-order valence-corrected chi connectivity index (χ4v) is 4.13. The Morgan fingerprint density at radius 1 is 1.00 bits per heavy atom.